The van der Waals surface area contributed by atoms with Gasteiger partial charge in [-0.3, -0.25) is 4.79 Å². The second-order valence-electron chi connectivity index (χ2n) is 4.75. The van der Waals surface area contributed by atoms with Crippen LogP contribution in [0.4, 0.5) is 0 Å². The molecule has 0 aliphatic carbocycles. The van der Waals surface area contributed by atoms with Gasteiger partial charge in [0.1, 0.15) is 0 Å². The van der Waals surface area contributed by atoms with Crippen molar-refractivity contribution in [3.05, 3.63) is 75.2 Å². The number of halogens is 2. The Morgan fingerprint density at radius 1 is 1.04 bits per heavy atom. The monoisotopic (exact) mass is 369 g/mol. The van der Waals surface area contributed by atoms with E-state index in [0.29, 0.717) is 5.02 Å². The highest BCUT2D eigenvalue weighted by atomic mass is 35.5. The number of nitrogens with one attached hydrogen (secondary N) is 1. The first kappa shape index (κ1) is 17.5. The van der Waals surface area contributed by atoms with E-state index >= 15 is 0 Å². The smallest absolute Gasteiger partial charge is 0.256 e. The largest absolute Gasteiger partial charge is 0.311 e. The van der Waals surface area contributed by atoms with Gasteiger partial charge in [-0.15, -0.1) is 0 Å². The quantitative estimate of drug-likeness (QED) is 0.888. The van der Waals surface area contributed by atoms with Crippen LogP contribution in [0.2, 0.25) is 5.02 Å². The van der Waals surface area contributed by atoms with E-state index in [1.807, 2.05) is 6.92 Å². The predicted molar refractivity (Wildman–Crippen MR) is 91.2 cm³/mol. The molecule has 0 aromatic heterocycles. The average Bonchev–Trinajstić information content (AvgIpc) is 2.53. The summed E-state index contributed by atoms with van der Waals surface area (Å²) in [7, 11) is -3.91. The summed E-state index contributed by atoms with van der Waals surface area (Å²) >= 11 is 11.4. The molecule has 7 heteroatoms. The number of aryl methyl sites for hydroxylation is 1. The number of hydrogen-bond acceptors (Lipinski definition) is 3. The van der Waals surface area contributed by atoms with Crippen LogP contribution < -0.4 is 5.32 Å². The normalized spacial score (nSPS) is 12.0. The SMILES string of the molecule is Cc1ccc(S(=O)(=O)C(=CCl)NC(=O)c2ccc(Cl)cc2)cc1. The fourth-order valence-electron chi connectivity index (χ4n) is 1.78. The number of sulfone groups is 1. The van der Waals surface area contributed by atoms with Crippen molar-refractivity contribution >= 4 is 38.9 Å². The summed E-state index contributed by atoms with van der Waals surface area (Å²) in [5.74, 6) is -0.593. The molecular formula is C16H13Cl2NO3S. The number of benzene rings is 2. The van der Waals surface area contributed by atoms with E-state index < -0.39 is 15.7 Å². The second-order valence-corrected chi connectivity index (χ2v) is 7.32. The topological polar surface area (TPSA) is 63.2 Å². The fraction of sp³-hybridized carbons (Fsp3) is 0.0625. The maximum absolute atomic E-state index is 12.5. The minimum atomic E-state index is -3.91. The van der Waals surface area contributed by atoms with Gasteiger partial charge in [0.05, 0.1) is 4.90 Å². The molecule has 120 valence electrons. The van der Waals surface area contributed by atoms with Crippen molar-refractivity contribution in [1.29, 1.82) is 0 Å². The average molecular weight is 370 g/mol. The lowest BCUT2D eigenvalue weighted by molar-refractivity contribution is 0.0968. The molecule has 0 bridgehead atoms. The summed E-state index contributed by atoms with van der Waals surface area (Å²) in [6.07, 6.45) is 0. The van der Waals surface area contributed by atoms with Crippen LogP contribution in [0.5, 0.6) is 0 Å². The zero-order valence-corrected chi connectivity index (χ0v) is 14.4. The van der Waals surface area contributed by atoms with Crippen molar-refractivity contribution < 1.29 is 13.2 Å². The first-order valence-corrected chi connectivity index (χ1v) is 8.83. The molecule has 0 radical (unpaired) electrons. The van der Waals surface area contributed by atoms with Crippen molar-refractivity contribution in [2.75, 3.05) is 0 Å². The molecule has 0 unspecified atom stereocenters. The lowest BCUT2D eigenvalue weighted by Crippen LogP contribution is -2.27. The van der Waals surface area contributed by atoms with E-state index in [-0.39, 0.29) is 15.5 Å². The molecule has 1 amide bonds. The molecule has 0 aliphatic rings. The molecule has 0 saturated carbocycles. The van der Waals surface area contributed by atoms with Gasteiger partial charge in [-0.25, -0.2) is 8.42 Å². The maximum atomic E-state index is 12.5. The molecule has 0 heterocycles. The van der Waals surface area contributed by atoms with E-state index in [2.05, 4.69) is 5.32 Å². The van der Waals surface area contributed by atoms with Gasteiger partial charge in [0.2, 0.25) is 9.84 Å². The number of amides is 1. The van der Waals surface area contributed by atoms with Gasteiger partial charge in [0.15, 0.2) is 5.03 Å². The molecule has 1 N–H and O–H groups in total. The number of rotatable bonds is 4. The number of carbonyl (C=O) groups excluding carboxylic acids is 1. The van der Waals surface area contributed by atoms with E-state index in [1.54, 1.807) is 12.1 Å². The minimum absolute atomic E-state index is 0.0476. The highest BCUT2D eigenvalue weighted by molar-refractivity contribution is 7.95. The summed E-state index contributed by atoms with van der Waals surface area (Å²) in [5.41, 5.74) is 2.03. The van der Waals surface area contributed by atoms with Crippen LogP contribution in [0, 0.1) is 6.92 Å². The van der Waals surface area contributed by atoms with E-state index in [4.69, 9.17) is 23.2 Å². The highest BCUT2D eigenvalue weighted by Crippen LogP contribution is 2.19. The molecule has 2 aromatic carbocycles. The van der Waals surface area contributed by atoms with Crippen molar-refractivity contribution in [3.63, 3.8) is 0 Å². The van der Waals surface area contributed by atoms with Gasteiger partial charge < -0.3 is 5.32 Å². The van der Waals surface area contributed by atoms with Crippen molar-refractivity contribution in [1.82, 2.24) is 5.32 Å². The maximum Gasteiger partial charge on any atom is 0.256 e. The Morgan fingerprint density at radius 3 is 2.13 bits per heavy atom. The minimum Gasteiger partial charge on any atom is -0.311 e. The van der Waals surface area contributed by atoms with Crippen LogP contribution in [0.3, 0.4) is 0 Å². The van der Waals surface area contributed by atoms with Crippen molar-refractivity contribution in [2.45, 2.75) is 11.8 Å². The zero-order valence-electron chi connectivity index (χ0n) is 12.1. The van der Waals surface area contributed by atoms with Crippen molar-refractivity contribution in [2.24, 2.45) is 0 Å². The predicted octanol–water partition coefficient (Wildman–Crippen LogP) is 3.89. The van der Waals surface area contributed by atoms with E-state index in [1.165, 1.54) is 36.4 Å². The van der Waals surface area contributed by atoms with Gasteiger partial charge in [-0.2, -0.15) is 0 Å². The van der Waals surface area contributed by atoms with E-state index in [0.717, 1.165) is 11.1 Å². The molecule has 0 spiro atoms. The van der Waals surface area contributed by atoms with Crippen LogP contribution in [0.15, 0.2) is 64.0 Å². The number of hydrogen-bond donors (Lipinski definition) is 1. The number of carbonyl (C=O) groups is 1. The molecule has 4 nitrogen and oxygen atoms in total. The standard InChI is InChI=1S/C16H13Cl2NO3S/c1-11-2-8-14(9-3-11)23(21,22)15(10-17)19-16(20)12-4-6-13(18)7-5-12/h2-10H,1H3,(H,19,20). The molecule has 0 saturated heterocycles. The third-order valence-corrected chi connectivity index (χ3v) is 5.35. The van der Waals surface area contributed by atoms with Crippen molar-refractivity contribution in [3.8, 4) is 0 Å². The first-order valence-electron chi connectivity index (χ1n) is 6.53. The van der Waals surface area contributed by atoms with Gasteiger partial charge >= 0.3 is 0 Å². The van der Waals surface area contributed by atoms with Gasteiger partial charge in [0.25, 0.3) is 5.91 Å². The lowest BCUT2D eigenvalue weighted by Gasteiger charge is -2.10. The Kier molecular flexibility index (Phi) is 5.46. The molecular weight excluding hydrogens is 357 g/mol. The van der Waals surface area contributed by atoms with Crippen LogP contribution in [0.1, 0.15) is 15.9 Å². The van der Waals surface area contributed by atoms with E-state index in [9.17, 15) is 13.2 Å². The van der Waals surface area contributed by atoms with Crippen LogP contribution >= 0.6 is 23.2 Å². The van der Waals surface area contributed by atoms with Crippen LogP contribution in [-0.2, 0) is 9.84 Å². The summed E-state index contributed by atoms with van der Waals surface area (Å²) in [4.78, 5) is 12.2. The molecule has 23 heavy (non-hydrogen) atoms. The summed E-state index contributed by atoms with van der Waals surface area (Å²) in [6, 6.07) is 12.3. The molecule has 0 atom stereocenters. The summed E-state index contributed by atoms with van der Waals surface area (Å²) in [6.45, 7) is 1.84. The second kappa shape index (κ2) is 7.17. The Bertz CT molecular complexity index is 842. The third kappa shape index (κ3) is 4.13. The molecule has 2 aromatic rings. The van der Waals surface area contributed by atoms with Gasteiger partial charge in [-0.1, -0.05) is 40.9 Å². The fourth-order valence-corrected chi connectivity index (χ4v) is 3.41. The molecule has 0 aliphatic heterocycles. The van der Waals surface area contributed by atoms with Crippen LogP contribution in [-0.4, -0.2) is 14.3 Å². The van der Waals surface area contributed by atoms with Crippen LogP contribution in [0.25, 0.3) is 0 Å². The lowest BCUT2D eigenvalue weighted by atomic mass is 10.2. The third-order valence-electron chi connectivity index (χ3n) is 3.06. The first-order chi connectivity index (χ1) is 10.8. The Morgan fingerprint density at radius 2 is 1.61 bits per heavy atom. The van der Waals surface area contributed by atoms with Gasteiger partial charge in [0, 0.05) is 16.1 Å². The Hall–Kier alpha value is -1.82. The summed E-state index contributed by atoms with van der Waals surface area (Å²) in [5, 5.41) is 2.40. The molecule has 0 fully saturated rings. The summed E-state index contributed by atoms with van der Waals surface area (Å²) < 4.78 is 25.0. The Balaban J connectivity index is 2.27. The Labute approximate surface area is 144 Å². The van der Waals surface area contributed by atoms with Gasteiger partial charge in [-0.05, 0) is 43.3 Å². The highest BCUT2D eigenvalue weighted by Gasteiger charge is 2.23. The molecule has 2 rings (SSSR count). The zero-order chi connectivity index (χ0) is 17.0.